The number of Topliss-reactive ketones (excluding diaryl/α,β-unsaturated/α-hetero) is 1. The van der Waals surface area contributed by atoms with Gasteiger partial charge in [-0.1, -0.05) is 13.0 Å². The minimum atomic E-state index is -0.222. The van der Waals surface area contributed by atoms with Crippen molar-refractivity contribution in [3.8, 4) is 11.5 Å². The number of likely N-dealkylation sites (N-methyl/N-ethyl adjacent to an activating group) is 1. The molecule has 0 bridgehead atoms. The van der Waals surface area contributed by atoms with E-state index in [2.05, 4.69) is 16.8 Å². The third-order valence-electron chi connectivity index (χ3n) is 3.86. The molecule has 0 radical (unpaired) electrons. The SMILES string of the molecule is CCc1ccc(O)c(C(=O)CN2CCN(C)CC2)c1O. The number of phenols is 2. The normalized spacial score (nSPS) is 17.3. The molecule has 1 aliphatic rings. The molecule has 2 N–H and O–H groups in total. The maximum Gasteiger partial charge on any atom is 0.184 e. The Balaban J connectivity index is 2.13. The van der Waals surface area contributed by atoms with Crippen LogP contribution in [-0.2, 0) is 6.42 Å². The number of aromatic hydroxyl groups is 2. The fourth-order valence-electron chi connectivity index (χ4n) is 2.47. The van der Waals surface area contributed by atoms with Gasteiger partial charge in [-0.2, -0.15) is 0 Å². The van der Waals surface area contributed by atoms with Crippen molar-refractivity contribution in [3.05, 3.63) is 23.3 Å². The first-order chi connectivity index (χ1) is 9.52. The Morgan fingerprint density at radius 1 is 1.20 bits per heavy atom. The lowest BCUT2D eigenvalue weighted by Gasteiger charge is -2.31. The third kappa shape index (κ3) is 3.11. The molecule has 0 aliphatic carbocycles. The van der Waals surface area contributed by atoms with E-state index in [1.54, 1.807) is 6.07 Å². The van der Waals surface area contributed by atoms with Gasteiger partial charge in [-0.05, 0) is 25.1 Å². The fraction of sp³-hybridized carbons (Fsp3) is 0.533. The molecule has 1 saturated heterocycles. The Hall–Kier alpha value is -1.59. The molecule has 0 unspecified atom stereocenters. The van der Waals surface area contributed by atoms with Crippen LogP contribution in [0.3, 0.4) is 0 Å². The number of carbonyl (C=O) groups is 1. The second-order valence-electron chi connectivity index (χ2n) is 5.32. The van der Waals surface area contributed by atoms with Crippen LogP contribution >= 0.6 is 0 Å². The van der Waals surface area contributed by atoms with Crippen molar-refractivity contribution in [2.75, 3.05) is 39.8 Å². The number of hydrogen-bond donors (Lipinski definition) is 2. The lowest BCUT2D eigenvalue weighted by molar-refractivity contribution is 0.0871. The summed E-state index contributed by atoms with van der Waals surface area (Å²) >= 11 is 0. The van der Waals surface area contributed by atoms with E-state index in [0.717, 1.165) is 26.2 Å². The summed E-state index contributed by atoms with van der Waals surface area (Å²) < 4.78 is 0. The molecule has 0 spiro atoms. The fourth-order valence-corrected chi connectivity index (χ4v) is 2.47. The highest BCUT2D eigenvalue weighted by Crippen LogP contribution is 2.31. The predicted octanol–water partition coefficient (Wildman–Crippen LogP) is 1.09. The van der Waals surface area contributed by atoms with Crippen LogP contribution in [-0.4, -0.2) is 65.6 Å². The van der Waals surface area contributed by atoms with Gasteiger partial charge in [-0.25, -0.2) is 0 Å². The Kier molecular flexibility index (Phi) is 4.62. The Bertz CT molecular complexity index is 494. The van der Waals surface area contributed by atoms with Gasteiger partial charge in [0, 0.05) is 26.2 Å². The van der Waals surface area contributed by atoms with E-state index in [9.17, 15) is 15.0 Å². The van der Waals surface area contributed by atoms with Gasteiger partial charge in [0.15, 0.2) is 5.78 Å². The average molecular weight is 278 g/mol. The zero-order valence-corrected chi connectivity index (χ0v) is 12.1. The Morgan fingerprint density at radius 3 is 2.45 bits per heavy atom. The van der Waals surface area contributed by atoms with Gasteiger partial charge in [0.1, 0.15) is 17.1 Å². The van der Waals surface area contributed by atoms with Crippen LogP contribution in [0.15, 0.2) is 12.1 Å². The smallest absolute Gasteiger partial charge is 0.184 e. The number of rotatable bonds is 4. The summed E-state index contributed by atoms with van der Waals surface area (Å²) in [6.07, 6.45) is 0.626. The third-order valence-corrected chi connectivity index (χ3v) is 3.86. The van der Waals surface area contributed by atoms with Gasteiger partial charge in [0.2, 0.25) is 0 Å². The minimum absolute atomic E-state index is 0.0586. The predicted molar refractivity (Wildman–Crippen MR) is 77.4 cm³/mol. The van der Waals surface area contributed by atoms with E-state index in [0.29, 0.717) is 12.0 Å². The van der Waals surface area contributed by atoms with Gasteiger partial charge in [0.25, 0.3) is 0 Å². The molecule has 0 aromatic heterocycles. The minimum Gasteiger partial charge on any atom is -0.507 e. The van der Waals surface area contributed by atoms with Crippen LogP contribution < -0.4 is 0 Å². The molecule has 0 atom stereocenters. The maximum atomic E-state index is 12.3. The molecule has 1 heterocycles. The van der Waals surface area contributed by atoms with E-state index in [4.69, 9.17) is 0 Å². The lowest BCUT2D eigenvalue weighted by Crippen LogP contribution is -2.46. The molecule has 1 aromatic rings. The zero-order valence-electron chi connectivity index (χ0n) is 12.1. The highest BCUT2D eigenvalue weighted by molar-refractivity contribution is 6.02. The maximum absolute atomic E-state index is 12.3. The monoisotopic (exact) mass is 278 g/mol. The number of hydrogen-bond acceptors (Lipinski definition) is 5. The van der Waals surface area contributed by atoms with E-state index in [1.165, 1.54) is 6.07 Å². The summed E-state index contributed by atoms with van der Waals surface area (Å²) in [6, 6.07) is 3.13. The van der Waals surface area contributed by atoms with E-state index in [-0.39, 0.29) is 29.4 Å². The van der Waals surface area contributed by atoms with E-state index >= 15 is 0 Å². The molecule has 1 aromatic carbocycles. The molecule has 110 valence electrons. The Morgan fingerprint density at radius 2 is 1.85 bits per heavy atom. The van der Waals surface area contributed by atoms with E-state index in [1.807, 2.05) is 6.92 Å². The highest BCUT2D eigenvalue weighted by atomic mass is 16.3. The lowest BCUT2D eigenvalue weighted by atomic mass is 10.0. The number of nitrogens with zero attached hydrogens (tertiary/aromatic N) is 2. The second-order valence-corrected chi connectivity index (χ2v) is 5.32. The first-order valence-corrected chi connectivity index (χ1v) is 7.00. The van der Waals surface area contributed by atoms with Crippen molar-refractivity contribution in [2.45, 2.75) is 13.3 Å². The van der Waals surface area contributed by atoms with Crippen LogP contribution in [0.2, 0.25) is 0 Å². The number of benzene rings is 1. The van der Waals surface area contributed by atoms with Gasteiger partial charge in [-0.3, -0.25) is 9.69 Å². The van der Waals surface area contributed by atoms with E-state index < -0.39 is 0 Å². The standard InChI is InChI=1S/C15H22N2O3/c1-3-11-4-5-12(18)14(15(11)20)13(19)10-17-8-6-16(2)7-9-17/h4-5,18,20H,3,6-10H2,1-2H3. The number of aryl methyl sites for hydroxylation is 1. The largest absolute Gasteiger partial charge is 0.507 e. The Labute approximate surface area is 119 Å². The van der Waals surface area contributed by atoms with Crippen LogP contribution in [0, 0.1) is 0 Å². The van der Waals surface area contributed by atoms with Crippen molar-refractivity contribution in [2.24, 2.45) is 0 Å². The number of ketones is 1. The molecule has 20 heavy (non-hydrogen) atoms. The van der Waals surface area contributed by atoms with Crippen molar-refractivity contribution < 1.29 is 15.0 Å². The second kappa shape index (κ2) is 6.24. The molecule has 1 fully saturated rings. The van der Waals surface area contributed by atoms with Crippen LogP contribution in [0.25, 0.3) is 0 Å². The van der Waals surface area contributed by atoms with Crippen molar-refractivity contribution >= 4 is 5.78 Å². The summed E-state index contributed by atoms with van der Waals surface area (Å²) in [5, 5.41) is 19.9. The van der Waals surface area contributed by atoms with Crippen molar-refractivity contribution in [1.29, 1.82) is 0 Å². The molecule has 2 rings (SSSR count). The number of phenolic OH excluding ortho intramolecular Hbond substituents is 2. The van der Waals surface area contributed by atoms with Crippen molar-refractivity contribution in [1.82, 2.24) is 9.80 Å². The first-order valence-electron chi connectivity index (χ1n) is 7.00. The number of piperazine rings is 1. The molecule has 5 nitrogen and oxygen atoms in total. The van der Waals surface area contributed by atoms with Crippen molar-refractivity contribution in [3.63, 3.8) is 0 Å². The summed E-state index contributed by atoms with van der Waals surface area (Å²) in [5.41, 5.74) is 0.743. The summed E-state index contributed by atoms with van der Waals surface area (Å²) in [7, 11) is 2.06. The molecular formula is C15H22N2O3. The topological polar surface area (TPSA) is 64.0 Å². The van der Waals surface area contributed by atoms with Gasteiger partial charge in [0.05, 0.1) is 6.54 Å². The van der Waals surface area contributed by atoms with Crippen LogP contribution in [0.1, 0.15) is 22.8 Å². The van der Waals surface area contributed by atoms with Gasteiger partial charge >= 0.3 is 0 Å². The van der Waals surface area contributed by atoms with Gasteiger partial charge < -0.3 is 15.1 Å². The summed E-state index contributed by atoms with van der Waals surface area (Å²) in [6.45, 7) is 5.66. The average Bonchev–Trinajstić information content (AvgIpc) is 2.42. The molecule has 0 amide bonds. The van der Waals surface area contributed by atoms with Crippen LogP contribution in [0.4, 0.5) is 0 Å². The number of carbonyl (C=O) groups excluding carboxylic acids is 1. The van der Waals surface area contributed by atoms with Crippen LogP contribution in [0.5, 0.6) is 11.5 Å². The molecular weight excluding hydrogens is 256 g/mol. The quantitative estimate of drug-likeness (QED) is 0.807. The highest BCUT2D eigenvalue weighted by Gasteiger charge is 2.22. The summed E-state index contributed by atoms with van der Waals surface area (Å²) in [4.78, 5) is 16.6. The van der Waals surface area contributed by atoms with Gasteiger partial charge in [-0.15, -0.1) is 0 Å². The molecule has 0 saturated carbocycles. The molecule has 1 aliphatic heterocycles. The molecule has 5 heteroatoms. The zero-order chi connectivity index (χ0) is 14.7. The summed E-state index contributed by atoms with van der Waals surface area (Å²) in [5.74, 6) is -0.440. The first kappa shape index (κ1) is 14.8.